The van der Waals surface area contributed by atoms with Crippen molar-refractivity contribution in [3.8, 4) is 0 Å². The van der Waals surface area contributed by atoms with Crippen molar-refractivity contribution < 1.29 is 0 Å². The van der Waals surface area contributed by atoms with Crippen molar-refractivity contribution in [1.82, 2.24) is 0 Å². The van der Waals surface area contributed by atoms with Crippen molar-refractivity contribution in [3.63, 3.8) is 0 Å². The second-order valence-electron chi connectivity index (χ2n) is 2.28. The van der Waals surface area contributed by atoms with Gasteiger partial charge in [0.2, 0.25) is 0 Å². The molecule has 0 aliphatic heterocycles. The van der Waals surface area contributed by atoms with Crippen molar-refractivity contribution in [3.05, 3.63) is 21.9 Å². The normalized spacial score (nSPS) is 13.8. The van der Waals surface area contributed by atoms with E-state index in [1.807, 2.05) is 25.2 Å². The summed E-state index contributed by atoms with van der Waals surface area (Å²) in [6.45, 7) is 4.00. The van der Waals surface area contributed by atoms with Gasteiger partial charge >= 0.3 is 0 Å². The van der Waals surface area contributed by atoms with E-state index in [0.29, 0.717) is 0 Å². The van der Waals surface area contributed by atoms with Crippen molar-refractivity contribution in [2.24, 2.45) is 0 Å². The molecule has 1 aliphatic carbocycles. The quantitative estimate of drug-likeness (QED) is 0.538. The fourth-order valence-corrected chi connectivity index (χ4v) is 2.19. The SMILES string of the molecule is CC.c1scc2c1CCC2. The molecule has 0 bridgehead atoms. The van der Waals surface area contributed by atoms with Gasteiger partial charge in [0.05, 0.1) is 0 Å². The van der Waals surface area contributed by atoms with Gasteiger partial charge in [0, 0.05) is 0 Å². The van der Waals surface area contributed by atoms with Crippen LogP contribution in [0.1, 0.15) is 31.4 Å². The molecule has 0 N–H and O–H groups in total. The topological polar surface area (TPSA) is 0 Å². The van der Waals surface area contributed by atoms with Crippen molar-refractivity contribution in [2.75, 3.05) is 0 Å². The fourth-order valence-electron chi connectivity index (χ4n) is 1.26. The molecular weight excluding hydrogens is 140 g/mol. The molecule has 0 amide bonds. The molecule has 0 fully saturated rings. The molecule has 0 saturated carbocycles. The summed E-state index contributed by atoms with van der Waals surface area (Å²) in [6.07, 6.45) is 4.05. The Morgan fingerprint density at radius 3 is 2.10 bits per heavy atom. The summed E-state index contributed by atoms with van der Waals surface area (Å²) in [5.74, 6) is 0. The lowest BCUT2D eigenvalue weighted by atomic mass is 10.2. The lowest BCUT2D eigenvalue weighted by molar-refractivity contribution is 0.911. The van der Waals surface area contributed by atoms with Gasteiger partial charge in [-0.15, -0.1) is 0 Å². The van der Waals surface area contributed by atoms with Gasteiger partial charge in [-0.3, -0.25) is 0 Å². The van der Waals surface area contributed by atoms with E-state index < -0.39 is 0 Å². The minimum atomic E-state index is 1.33. The third kappa shape index (κ3) is 1.40. The Balaban J connectivity index is 0.000000231. The third-order valence-corrected chi connectivity index (χ3v) is 2.57. The first-order valence-electron chi connectivity index (χ1n) is 4.01. The van der Waals surface area contributed by atoms with E-state index in [1.54, 1.807) is 11.1 Å². The molecule has 1 heterocycles. The van der Waals surface area contributed by atoms with E-state index in [9.17, 15) is 0 Å². The van der Waals surface area contributed by atoms with Crippen molar-refractivity contribution in [2.45, 2.75) is 33.1 Å². The van der Waals surface area contributed by atoms with E-state index in [4.69, 9.17) is 0 Å². The van der Waals surface area contributed by atoms with Crippen LogP contribution in [-0.2, 0) is 12.8 Å². The molecule has 0 spiro atoms. The van der Waals surface area contributed by atoms with E-state index in [0.717, 1.165) is 0 Å². The molecule has 0 nitrogen and oxygen atoms in total. The smallest absolute Gasteiger partial charge is 0.00584 e. The highest BCUT2D eigenvalue weighted by Crippen LogP contribution is 2.24. The predicted octanol–water partition coefficient (Wildman–Crippen LogP) is 3.26. The van der Waals surface area contributed by atoms with Gasteiger partial charge in [-0.05, 0) is 41.1 Å². The highest BCUT2D eigenvalue weighted by Gasteiger charge is 2.09. The zero-order valence-corrected chi connectivity index (χ0v) is 7.50. The lowest BCUT2D eigenvalue weighted by Gasteiger charge is -1.79. The molecule has 1 aliphatic rings. The van der Waals surface area contributed by atoms with Crippen LogP contribution in [0, 0.1) is 0 Å². The van der Waals surface area contributed by atoms with Gasteiger partial charge in [0.25, 0.3) is 0 Å². The van der Waals surface area contributed by atoms with Crippen molar-refractivity contribution in [1.29, 1.82) is 0 Å². The zero-order valence-electron chi connectivity index (χ0n) is 6.68. The van der Waals surface area contributed by atoms with Crippen LogP contribution >= 0.6 is 11.3 Å². The summed E-state index contributed by atoms with van der Waals surface area (Å²) in [4.78, 5) is 0. The molecule has 1 aromatic rings. The first kappa shape index (κ1) is 7.80. The first-order valence-corrected chi connectivity index (χ1v) is 4.95. The largest absolute Gasteiger partial charge is 0.152 e. The minimum absolute atomic E-state index is 1.33. The van der Waals surface area contributed by atoms with Gasteiger partial charge in [-0.1, -0.05) is 13.8 Å². The highest BCUT2D eigenvalue weighted by atomic mass is 32.1. The van der Waals surface area contributed by atoms with Crippen LogP contribution in [0.2, 0.25) is 0 Å². The zero-order chi connectivity index (χ0) is 7.40. The molecule has 0 aromatic carbocycles. The maximum atomic E-state index is 2.28. The van der Waals surface area contributed by atoms with Gasteiger partial charge in [0.1, 0.15) is 0 Å². The van der Waals surface area contributed by atoms with Crippen molar-refractivity contribution >= 4 is 11.3 Å². The third-order valence-electron chi connectivity index (χ3n) is 1.73. The van der Waals surface area contributed by atoms with E-state index in [2.05, 4.69) is 10.8 Å². The van der Waals surface area contributed by atoms with Gasteiger partial charge in [0.15, 0.2) is 0 Å². The summed E-state index contributed by atoms with van der Waals surface area (Å²) in [6, 6.07) is 0. The van der Waals surface area contributed by atoms with Crippen LogP contribution < -0.4 is 0 Å². The average Bonchev–Trinajstić information content (AvgIpc) is 2.49. The Morgan fingerprint density at radius 1 is 1.10 bits per heavy atom. The summed E-state index contributed by atoms with van der Waals surface area (Å²) in [7, 11) is 0. The Hall–Kier alpha value is -0.300. The summed E-state index contributed by atoms with van der Waals surface area (Å²) < 4.78 is 0. The molecular formula is C9H14S. The predicted molar refractivity (Wildman–Crippen MR) is 47.7 cm³/mol. The number of aryl methyl sites for hydroxylation is 2. The number of hydrogen-bond donors (Lipinski definition) is 0. The summed E-state index contributed by atoms with van der Waals surface area (Å²) in [5, 5.41) is 4.56. The first-order chi connectivity index (χ1) is 4.97. The molecule has 1 heteroatoms. The van der Waals surface area contributed by atoms with Crippen LogP contribution in [0.25, 0.3) is 0 Å². The number of fused-ring (bicyclic) bond motifs is 1. The average molecular weight is 154 g/mol. The summed E-state index contributed by atoms with van der Waals surface area (Å²) >= 11 is 1.84. The molecule has 0 radical (unpaired) electrons. The molecule has 0 atom stereocenters. The number of rotatable bonds is 0. The summed E-state index contributed by atoms with van der Waals surface area (Å²) in [5.41, 5.74) is 3.21. The Kier molecular flexibility index (Phi) is 2.94. The maximum absolute atomic E-state index is 2.28. The fraction of sp³-hybridized carbons (Fsp3) is 0.556. The van der Waals surface area contributed by atoms with Crippen LogP contribution in [0.15, 0.2) is 10.8 Å². The van der Waals surface area contributed by atoms with Crippen LogP contribution in [0.3, 0.4) is 0 Å². The molecule has 2 rings (SSSR count). The Labute approximate surface area is 66.9 Å². The van der Waals surface area contributed by atoms with Crippen LogP contribution in [0.5, 0.6) is 0 Å². The second-order valence-corrected chi connectivity index (χ2v) is 3.02. The number of hydrogen-bond acceptors (Lipinski definition) is 1. The monoisotopic (exact) mass is 154 g/mol. The van der Waals surface area contributed by atoms with Gasteiger partial charge < -0.3 is 0 Å². The minimum Gasteiger partial charge on any atom is -0.152 e. The van der Waals surface area contributed by atoms with Gasteiger partial charge in [-0.2, -0.15) is 11.3 Å². The number of thiophene rings is 1. The van der Waals surface area contributed by atoms with E-state index in [-0.39, 0.29) is 0 Å². The Bertz CT molecular complexity index is 170. The molecule has 0 unspecified atom stereocenters. The molecule has 1 aromatic heterocycles. The van der Waals surface area contributed by atoms with E-state index in [1.165, 1.54) is 19.3 Å². The Morgan fingerprint density at radius 2 is 1.60 bits per heavy atom. The molecule has 0 saturated heterocycles. The van der Waals surface area contributed by atoms with Crippen LogP contribution in [0.4, 0.5) is 0 Å². The molecule has 56 valence electrons. The lowest BCUT2D eigenvalue weighted by Crippen LogP contribution is -1.66. The standard InChI is InChI=1S/C7H8S.C2H6/c1-2-6-4-8-5-7(6)3-1;1-2/h4-5H,1-3H2;1-2H3. The second kappa shape index (κ2) is 3.77. The maximum Gasteiger partial charge on any atom is -0.00584 e. The van der Waals surface area contributed by atoms with Gasteiger partial charge in [-0.25, -0.2) is 0 Å². The van der Waals surface area contributed by atoms with Crippen LogP contribution in [-0.4, -0.2) is 0 Å². The highest BCUT2D eigenvalue weighted by molar-refractivity contribution is 7.08. The molecule has 10 heavy (non-hydrogen) atoms. The van der Waals surface area contributed by atoms with E-state index >= 15 is 0 Å².